The predicted molar refractivity (Wildman–Crippen MR) is 132 cm³/mol. The van der Waals surface area contributed by atoms with Gasteiger partial charge in [-0.15, -0.1) is 24.0 Å². The molecule has 0 radical (unpaired) electrons. The number of aromatic nitrogens is 1. The lowest BCUT2D eigenvalue weighted by molar-refractivity contribution is -0.127. The zero-order valence-electron chi connectivity index (χ0n) is 17.2. The van der Waals surface area contributed by atoms with Crippen LogP contribution in [0.1, 0.15) is 24.5 Å². The van der Waals surface area contributed by atoms with Gasteiger partial charge in [-0.2, -0.15) is 0 Å². The first kappa shape index (κ1) is 24.4. The molecule has 1 aromatic carbocycles. The highest BCUT2D eigenvalue weighted by Crippen LogP contribution is 2.17. The fraction of sp³-hybridized carbons (Fsp3) is 0.409. The zero-order chi connectivity index (χ0) is 20.5. The van der Waals surface area contributed by atoms with Crippen LogP contribution in [0.15, 0.2) is 53.7 Å². The van der Waals surface area contributed by atoms with Crippen molar-refractivity contribution in [3.63, 3.8) is 0 Å². The maximum absolute atomic E-state index is 12.3. The smallest absolute Gasteiger partial charge is 0.223 e. The molecule has 0 spiro atoms. The Balaban J connectivity index is 0.00000320. The van der Waals surface area contributed by atoms with Crippen LogP contribution in [0.5, 0.6) is 0 Å². The van der Waals surface area contributed by atoms with Crippen molar-refractivity contribution >= 4 is 47.4 Å². The quantitative estimate of drug-likeness (QED) is 0.232. The number of nitrogens with one attached hydrogen (secondary N) is 2. The third-order valence-corrected chi connectivity index (χ3v) is 5.14. The van der Waals surface area contributed by atoms with E-state index in [4.69, 9.17) is 11.6 Å². The second-order valence-electron chi connectivity index (χ2n) is 7.21. The van der Waals surface area contributed by atoms with Crippen molar-refractivity contribution in [1.29, 1.82) is 0 Å². The molecule has 6 nitrogen and oxygen atoms in total. The summed E-state index contributed by atoms with van der Waals surface area (Å²) in [4.78, 5) is 23.0. The number of hydrogen-bond donors (Lipinski definition) is 2. The molecule has 1 atom stereocenters. The highest BCUT2D eigenvalue weighted by atomic mass is 127. The Bertz CT molecular complexity index is 816. The molecule has 0 saturated carbocycles. The molecule has 1 fully saturated rings. The number of guanidine groups is 1. The number of amides is 1. The summed E-state index contributed by atoms with van der Waals surface area (Å²) in [7, 11) is 0. The molecule has 1 unspecified atom stereocenters. The Labute approximate surface area is 200 Å². The molecule has 2 heterocycles. The zero-order valence-corrected chi connectivity index (χ0v) is 20.3. The molecule has 1 aliphatic rings. The van der Waals surface area contributed by atoms with E-state index in [1.165, 1.54) is 5.56 Å². The SMILES string of the molecule is CCNC(=NCc1ccc(Cl)nc1)NCC1CC(=O)N(CCc2ccccc2)C1.I. The number of aliphatic imine (C=N–C) groups is 1. The van der Waals surface area contributed by atoms with Crippen molar-refractivity contribution < 1.29 is 4.79 Å². The minimum absolute atomic E-state index is 0. The van der Waals surface area contributed by atoms with Gasteiger partial charge in [-0.05, 0) is 30.5 Å². The molecule has 0 bridgehead atoms. The third-order valence-electron chi connectivity index (χ3n) is 4.92. The fourth-order valence-electron chi connectivity index (χ4n) is 3.37. The van der Waals surface area contributed by atoms with Crippen LogP contribution in [0.2, 0.25) is 5.15 Å². The summed E-state index contributed by atoms with van der Waals surface area (Å²) < 4.78 is 0. The van der Waals surface area contributed by atoms with Crippen molar-refractivity contribution in [2.45, 2.75) is 26.3 Å². The van der Waals surface area contributed by atoms with E-state index in [9.17, 15) is 4.79 Å². The first-order valence-corrected chi connectivity index (χ1v) is 10.5. The van der Waals surface area contributed by atoms with Gasteiger partial charge in [-0.3, -0.25) is 4.79 Å². The molecule has 2 aromatic rings. The van der Waals surface area contributed by atoms with E-state index in [2.05, 4.69) is 32.7 Å². The van der Waals surface area contributed by atoms with Gasteiger partial charge in [0, 0.05) is 44.7 Å². The van der Waals surface area contributed by atoms with Crippen LogP contribution in [-0.4, -0.2) is 47.9 Å². The van der Waals surface area contributed by atoms with Gasteiger partial charge in [0.05, 0.1) is 6.54 Å². The van der Waals surface area contributed by atoms with Gasteiger partial charge in [0.15, 0.2) is 5.96 Å². The Morgan fingerprint density at radius 2 is 2.00 bits per heavy atom. The standard InChI is InChI=1S/C22H28ClN5O.HI/c1-2-24-22(26-14-18-8-9-20(23)25-13-18)27-15-19-12-21(29)28(16-19)11-10-17-6-4-3-5-7-17;/h3-9,13,19H,2,10-12,14-16H2,1H3,(H2,24,26,27);1H. The van der Waals surface area contributed by atoms with Gasteiger partial charge in [0.1, 0.15) is 5.15 Å². The molecule has 1 aromatic heterocycles. The van der Waals surface area contributed by atoms with E-state index in [0.29, 0.717) is 24.0 Å². The molecular weight excluding hydrogens is 513 g/mol. The largest absolute Gasteiger partial charge is 0.357 e. The van der Waals surface area contributed by atoms with E-state index in [1.54, 1.807) is 12.3 Å². The molecule has 162 valence electrons. The third kappa shape index (κ3) is 7.75. The Morgan fingerprint density at radius 1 is 1.20 bits per heavy atom. The molecule has 30 heavy (non-hydrogen) atoms. The maximum atomic E-state index is 12.3. The average molecular weight is 542 g/mol. The second kappa shape index (κ2) is 12.7. The van der Waals surface area contributed by atoms with Gasteiger partial charge in [-0.25, -0.2) is 9.98 Å². The van der Waals surface area contributed by atoms with E-state index >= 15 is 0 Å². The number of nitrogens with zero attached hydrogens (tertiary/aromatic N) is 3. The van der Waals surface area contributed by atoms with E-state index in [1.807, 2.05) is 36.1 Å². The number of carbonyl (C=O) groups excluding carboxylic acids is 1. The highest BCUT2D eigenvalue weighted by molar-refractivity contribution is 14.0. The molecular formula is C22H29ClIN5O. The first-order chi connectivity index (χ1) is 14.1. The summed E-state index contributed by atoms with van der Waals surface area (Å²) in [5.41, 5.74) is 2.26. The summed E-state index contributed by atoms with van der Waals surface area (Å²) in [6, 6.07) is 14.0. The van der Waals surface area contributed by atoms with Crippen LogP contribution in [-0.2, 0) is 17.8 Å². The molecule has 0 aliphatic carbocycles. The van der Waals surface area contributed by atoms with E-state index < -0.39 is 0 Å². The molecule has 8 heteroatoms. The number of carbonyl (C=O) groups is 1. The lowest BCUT2D eigenvalue weighted by atomic mass is 10.1. The van der Waals surface area contributed by atoms with Gasteiger partial charge >= 0.3 is 0 Å². The summed E-state index contributed by atoms with van der Waals surface area (Å²) in [5, 5.41) is 7.10. The van der Waals surface area contributed by atoms with Crippen molar-refractivity contribution in [2.75, 3.05) is 26.2 Å². The number of pyridine rings is 1. The normalized spacial score (nSPS) is 16.3. The van der Waals surface area contributed by atoms with Crippen LogP contribution < -0.4 is 10.6 Å². The number of halogens is 2. The minimum Gasteiger partial charge on any atom is -0.357 e. The van der Waals surface area contributed by atoms with Crippen molar-refractivity contribution in [2.24, 2.45) is 10.9 Å². The molecule has 2 N–H and O–H groups in total. The van der Waals surface area contributed by atoms with Crippen molar-refractivity contribution in [1.82, 2.24) is 20.5 Å². The fourth-order valence-corrected chi connectivity index (χ4v) is 3.48. The Morgan fingerprint density at radius 3 is 2.70 bits per heavy atom. The predicted octanol–water partition coefficient (Wildman–Crippen LogP) is 3.50. The van der Waals surface area contributed by atoms with E-state index in [-0.39, 0.29) is 29.9 Å². The monoisotopic (exact) mass is 541 g/mol. The molecule has 1 saturated heterocycles. The summed E-state index contributed by atoms with van der Waals surface area (Å²) in [6.07, 6.45) is 3.21. The highest BCUT2D eigenvalue weighted by Gasteiger charge is 2.29. The van der Waals surface area contributed by atoms with Gasteiger partial charge in [0.25, 0.3) is 0 Å². The second-order valence-corrected chi connectivity index (χ2v) is 7.60. The number of rotatable bonds is 8. The lowest BCUT2D eigenvalue weighted by Crippen LogP contribution is -2.40. The topological polar surface area (TPSA) is 69.6 Å². The summed E-state index contributed by atoms with van der Waals surface area (Å²) >= 11 is 5.82. The van der Waals surface area contributed by atoms with Gasteiger partial charge < -0.3 is 15.5 Å². The van der Waals surface area contributed by atoms with E-state index in [0.717, 1.165) is 44.1 Å². The first-order valence-electron chi connectivity index (χ1n) is 10.1. The minimum atomic E-state index is 0. The van der Waals surface area contributed by atoms with Crippen molar-refractivity contribution in [3.05, 3.63) is 64.9 Å². The van der Waals surface area contributed by atoms with Gasteiger partial charge in [-0.1, -0.05) is 48.0 Å². The van der Waals surface area contributed by atoms with Crippen LogP contribution in [0, 0.1) is 5.92 Å². The summed E-state index contributed by atoms with van der Waals surface area (Å²) in [6.45, 7) is 5.61. The summed E-state index contributed by atoms with van der Waals surface area (Å²) in [5.74, 6) is 1.28. The number of likely N-dealkylation sites (tertiary alicyclic amines) is 1. The Kier molecular flexibility index (Phi) is 10.4. The maximum Gasteiger partial charge on any atom is 0.223 e. The number of benzene rings is 1. The van der Waals surface area contributed by atoms with Crippen LogP contribution in [0.25, 0.3) is 0 Å². The lowest BCUT2D eigenvalue weighted by Gasteiger charge is -2.18. The van der Waals surface area contributed by atoms with Crippen LogP contribution >= 0.6 is 35.6 Å². The number of hydrogen-bond acceptors (Lipinski definition) is 3. The molecule has 1 amide bonds. The molecule has 3 rings (SSSR count). The van der Waals surface area contributed by atoms with Crippen LogP contribution in [0.4, 0.5) is 0 Å². The average Bonchev–Trinajstić information content (AvgIpc) is 3.10. The van der Waals surface area contributed by atoms with Crippen LogP contribution in [0.3, 0.4) is 0 Å². The molecule has 1 aliphatic heterocycles. The van der Waals surface area contributed by atoms with Crippen molar-refractivity contribution in [3.8, 4) is 0 Å². The van der Waals surface area contributed by atoms with Gasteiger partial charge in [0.2, 0.25) is 5.91 Å². The Hall–Kier alpha value is -1.87.